The summed E-state index contributed by atoms with van der Waals surface area (Å²) in [5.41, 5.74) is 3.86. The van der Waals surface area contributed by atoms with Crippen LogP contribution in [0.4, 0.5) is 11.4 Å². The van der Waals surface area contributed by atoms with E-state index in [1.54, 1.807) is 28.9 Å². The largest absolute Gasteiger partial charge is 0.481 e. The molecule has 1 fully saturated rings. The van der Waals surface area contributed by atoms with Crippen LogP contribution in [-0.4, -0.2) is 55.7 Å². The number of piperidine rings is 1. The van der Waals surface area contributed by atoms with Crippen molar-refractivity contribution in [1.29, 1.82) is 0 Å². The van der Waals surface area contributed by atoms with E-state index >= 15 is 0 Å². The summed E-state index contributed by atoms with van der Waals surface area (Å²) in [6.45, 7) is 3.16. The van der Waals surface area contributed by atoms with Crippen LogP contribution >= 0.6 is 0 Å². The maximum absolute atomic E-state index is 12.8. The van der Waals surface area contributed by atoms with Gasteiger partial charge in [-0.1, -0.05) is 6.07 Å². The van der Waals surface area contributed by atoms with Crippen LogP contribution in [0.5, 0.6) is 0 Å². The fourth-order valence-corrected chi connectivity index (χ4v) is 3.75. The summed E-state index contributed by atoms with van der Waals surface area (Å²) >= 11 is 0. The zero-order valence-electron chi connectivity index (χ0n) is 17.3. The summed E-state index contributed by atoms with van der Waals surface area (Å²) in [5.74, 6) is -1.18. The second-order valence-electron chi connectivity index (χ2n) is 7.80. The molecule has 3 aromatic rings. The molecule has 0 radical (unpaired) electrons. The second kappa shape index (κ2) is 8.73. The molecule has 1 saturated heterocycles. The summed E-state index contributed by atoms with van der Waals surface area (Å²) < 4.78 is 1.79. The van der Waals surface area contributed by atoms with Gasteiger partial charge in [-0.2, -0.15) is 0 Å². The Balaban J connectivity index is 1.68. The average molecular weight is 423 g/mol. The predicted molar refractivity (Wildman–Crippen MR) is 116 cm³/mol. The molecule has 0 aromatic carbocycles. The van der Waals surface area contributed by atoms with Gasteiger partial charge in [0, 0.05) is 43.7 Å². The Bertz CT molecular complexity index is 1120. The molecule has 9 nitrogen and oxygen atoms in total. The highest BCUT2D eigenvalue weighted by atomic mass is 16.4. The van der Waals surface area contributed by atoms with Crippen molar-refractivity contribution < 1.29 is 19.8 Å². The lowest BCUT2D eigenvalue weighted by atomic mass is 10.1. The van der Waals surface area contributed by atoms with E-state index < -0.39 is 5.97 Å². The fourth-order valence-electron chi connectivity index (χ4n) is 3.75. The fraction of sp³-hybridized carbons (Fsp3) is 0.364. The first kappa shape index (κ1) is 20.8. The van der Waals surface area contributed by atoms with E-state index in [4.69, 9.17) is 5.11 Å². The standard InChI is InChI=1S/C22H25N5O4/c1-14-3-2-4-17(23-14)22(31)25-18-13-27-12-15(5-6-21(29)30)24-20(27)11-19(18)26-9-7-16(28)8-10-26/h2-4,11-13,16,28H,5-10H2,1H3,(H,25,31)(H,29,30). The van der Waals surface area contributed by atoms with Crippen molar-refractivity contribution >= 4 is 28.9 Å². The first-order valence-electron chi connectivity index (χ1n) is 10.3. The Hall–Kier alpha value is -3.46. The number of imidazole rings is 1. The number of carbonyl (C=O) groups is 2. The van der Waals surface area contributed by atoms with Gasteiger partial charge in [-0.3, -0.25) is 9.59 Å². The van der Waals surface area contributed by atoms with Crippen molar-refractivity contribution in [3.8, 4) is 0 Å². The number of carboxylic acids is 1. The quantitative estimate of drug-likeness (QED) is 0.556. The van der Waals surface area contributed by atoms with Crippen molar-refractivity contribution in [2.24, 2.45) is 0 Å². The van der Waals surface area contributed by atoms with Gasteiger partial charge in [0.1, 0.15) is 11.3 Å². The molecule has 4 rings (SSSR count). The number of rotatable bonds is 6. The number of aromatic nitrogens is 3. The zero-order chi connectivity index (χ0) is 22.0. The highest BCUT2D eigenvalue weighted by molar-refractivity contribution is 6.04. The third kappa shape index (κ3) is 4.83. The maximum atomic E-state index is 12.8. The molecule has 0 saturated carbocycles. The minimum atomic E-state index is -0.872. The van der Waals surface area contributed by atoms with Crippen LogP contribution < -0.4 is 10.2 Å². The van der Waals surface area contributed by atoms with Gasteiger partial charge in [-0.25, -0.2) is 9.97 Å². The SMILES string of the molecule is Cc1cccc(C(=O)Nc2cn3cc(CCC(=O)O)nc3cc2N2CCC(O)CC2)n1. The Morgan fingerprint density at radius 3 is 2.68 bits per heavy atom. The number of aryl methyl sites for hydroxylation is 2. The number of fused-ring (bicyclic) bond motifs is 1. The monoisotopic (exact) mass is 423 g/mol. The molecular weight excluding hydrogens is 398 g/mol. The first-order valence-corrected chi connectivity index (χ1v) is 10.3. The summed E-state index contributed by atoms with van der Waals surface area (Å²) in [6, 6.07) is 7.18. The molecule has 3 N–H and O–H groups in total. The van der Waals surface area contributed by atoms with Gasteiger partial charge in [-0.05, 0) is 31.9 Å². The molecule has 4 heterocycles. The first-order chi connectivity index (χ1) is 14.9. The van der Waals surface area contributed by atoms with Crippen LogP contribution in [0, 0.1) is 6.92 Å². The van der Waals surface area contributed by atoms with Crippen molar-refractivity contribution in [3.05, 3.63) is 53.7 Å². The number of nitrogens with one attached hydrogen (secondary N) is 1. The normalized spacial score (nSPS) is 14.7. The van der Waals surface area contributed by atoms with E-state index in [-0.39, 0.29) is 18.4 Å². The van der Waals surface area contributed by atoms with Crippen molar-refractivity contribution in [3.63, 3.8) is 0 Å². The Labute approximate surface area is 179 Å². The van der Waals surface area contributed by atoms with Gasteiger partial charge < -0.3 is 24.8 Å². The van der Waals surface area contributed by atoms with E-state index in [2.05, 4.69) is 20.2 Å². The number of aliphatic hydroxyl groups excluding tert-OH is 1. The molecule has 1 aliphatic rings. The van der Waals surface area contributed by atoms with Gasteiger partial charge in [0.2, 0.25) is 0 Å². The molecule has 0 aliphatic carbocycles. The van der Waals surface area contributed by atoms with Gasteiger partial charge in [-0.15, -0.1) is 0 Å². The maximum Gasteiger partial charge on any atom is 0.303 e. The molecule has 31 heavy (non-hydrogen) atoms. The molecule has 162 valence electrons. The van der Waals surface area contributed by atoms with Gasteiger partial charge in [0.25, 0.3) is 5.91 Å². The van der Waals surface area contributed by atoms with Crippen molar-refractivity contribution in [2.75, 3.05) is 23.3 Å². The van der Waals surface area contributed by atoms with Crippen LogP contribution in [-0.2, 0) is 11.2 Å². The Morgan fingerprint density at radius 2 is 1.97 bits per heavy atom. The highest BCUT2D eigenvalue weighted by Gasteiger charge is 2.22. The number of hydrogen-bond acceptors (Lipinski definition) is 6. The van der Waals surface area contributed by atoms with Crippen molar-refractivity contribution in [1.82, 2.24) is 14.4 Å². The molecule has 1 aliphatic heterocycles. The summed E-state index contributed by atoms with van der Waals surface area (Å²) in [7, 11) is 0. The number of aliphatic hydroxyl groups is 1. The number of amides is 1. The lowest BCUT2D eigenvalue weighted by Crippen LogP contribution is -2.36. The van der Waals surface area contributed by atoms with E-state index in [1.807, 2.05) is 19.1 Å². The van der Waals surface area contributed by atoms with E-state index in [9.17, 15) is 14.7 Å². The van der Waals surface area contributed by atoms with Crippen LogP contribution in [0.3, 0.4) is 0 Å². The zero-order valence-corrected chi connectivity index (χ0v) is 17.3. The average Bonchev–Trinajstić information content (AvgIpc) is 3.14. The van der Waals surface area contributed by atoms with Crippen LogP contribution in [0.1, 0.15) is 41.1 Å². The highest BCUT2D eigenvalue weighted by Crippen LogP contribution is 2.30. The molecular formula is C22H25N5O4. The summed E-state index contributed by atoms with van der Waals surface area (Å²) in [4.78, 5) is 34.7. The van der Waals surface area contributed by atoms with Gasteiger partial charge in [0.05, 0.1) is 29.6 Å². The number of nitrogens with zero attached hydrogens (tertiary/aromatic N) is 4. The molecule has 0 spiro atoms. The summed E-state index contributed by atoms with van der Waals surface area (Å²) in [5, 5.41) is 21.8. The van der Waals surface area contributed by atoms with E-state index in [0.29, 0.717) is 55.1 Å². The number of carbonyl (C=O) groups excluding carboxylic acids is 1. The lowest BCUT2D eigenvalue weighted by molar-refractivity contribution is -0.136. The smallest absolute Gasteiger partial charge is 0.303 e. The van der Waals surface area contributed by atoms with E-state index in [0.717, 1.165) is 11.4 Å². The van der Waals surface area contributed by atoms with E-state index in [1.165, 1.54) is 0 Å². The number of aliphatic carboxylic acids is 1. The molecule has 9 heteroatoms. The lowest BCUT2D eigenvalue weighted by Gasteiger charge is -2.32. The molecule has 0 bridgehead atoms. The Kier molecular flexibility index (Phi) is 5.85. The number of pyridine rings is 2. The number of carboxylic acid groups (broad SMARTS) is 1. The van der Waals surface area contributed by atoms with Crippen LogP contribution in [0.2, 0.25) is 0 Å². The Morgan fingerprint density at radius 1 is 1.19 bits per heavy atom. The minimum absolute atomic E-state index is 0.00335. The third-order valence-corrected chi connectivity index (χ3v) is 5.39. The van der Waals surface area contributed by atoms with Gasteiger partial charge in [0.15, 0.2) is 0 Å². The van der Waals surface area contributed by atoms with Crippen molar-refractivity contribution in [2.45, 2.75) is 38.7 Å². The molecule has 3 aromatic heterocycles. The van der Waals surface area contributed by atoms with Crippen LogP contribution in [0.25, 0.3) is 5.65 Å². The minimum Gasteiger partial charge on any atom is -0.481 e. The van der Waals surface area contributed by atoms with Crippen LogP contribution in [0.15, 0.2) is 36.7 Å². The predicted octanol–water partition coefficient (Wildman–Crippen LogP) is 2.27. The molecule has 1 amide bonds. The molecule has 0 unspecified atom stereocenters. The van der Waals surface area contributed by atoms with Gasteiger partial charge >= 0.3 is 5.97 Å². The summed E-state index contributed by atoms with van der Waals surface area (Å²) in [6.07, 6.45) is 4.89. The third-order valence-electron chi connectivity index (χ3n) is 5.39. The number of hydrogen-bond donors (Lipinski definition) is 3. The number of anilines is 2. The molecule has 0 atom stereocenters. The second-order valence-corrected chi connectivity index (χ2v) is 7.80. The topological polar surface area (TPSA) is 120 Å².